The first-order valence-electron chi connectivity index (χ1n) is 12.8. The molecule has 1 saturated heterocycles. The van der Waals surface area contributed by atoms with Crippen LogP contribution in [0, 0.1) is 0 Å². The Hall–Kier alpha value is -4.56. The van der Waals surface area contributed by atoms with Crippen LogP contribution >= 0.6 is 11.8 Å². The highest BCUT2D eigenvalue weighted by Crippen LogP contribution is 2.39. The molecule has 0 aliphatic carbocycles. The second-order valence-electron chi connectivity index (χ2n) is 9.18. The van der Waals surface area contributed by atoms with E-state index in [-0.39, 0.29) is 17.2 Å². The molecule has 1 heterocycles. The van der Waals surface area contributed by atoms with Crippen LogP contribution in [0.2, 0.25) is 0 Å². The van der Waals surface area contributed by atoms with Crippen molar-refractivity contribution in [3.05, 3.63) is 131 Å². The topological polar surface area (TPSA) is 80.2 Å². The van der Waals surface area contributed by atoms with Gasteiger partial charge in [0.1, 0.15) is 12.0 Å². The Bertz CT molecular complexity index is 1480. The summed E-state index contributed by atoms with van der Waals surface area (Å²) < 4.78 is 11.4. The van der Waals surface area contributed by atoms with Crippen LogP contribution in [-0.2, 0) is 17.9 Å². The molecule has 1 fully saturated rings. The summed E-state index contributed by atoms with van der Waals surface area (Å²) in [6.45, 7) is 0.986. The largest absolute Gasteiger partial charge is 0.493 e. The van der Waals surface area contributed by atoms with Gasteiger partial charge in [0, 0.05) is 12.1 Å². The minimum atomic E-state index is -0.325. The highest BCUT2D eigenvalue weighted by Gasteiger charge is 2.32. The minimum absolute atomic E-state index is 0.0857. The number of rotatable bonds is 10. The van der Waals surface area contributed by atoms with Crippen molar-refractivity contribution in [1.29, 1.82) is 0 Å². The van der Waals surface area contributed by atoms with Crippen LogP contribution in [0.15, 0.2) is 108 Å². The fourth-order valence-corrected chi connectivity index (χ4v) is 5.52. The van der Waals surface area contributed by atoms with Crippen molar-refractivity contribution in [3.8, 4) is 11.5 Å². The third kappa shape index (κ3) is 6.71. The van der Waals surface area contributed by atoms with Gasteiger partial charge < -0.3 is 14.4 Å². The summed E-state index contributed by atoms with van der Waals surface area (Å²) in [5.74, 6) is 1.43. The predicted molar refractivity (Wildman–Crippen MR) is 157 cm³/mol. The molecule has 0 radical (unpaired) electrons. The Morgan fingerprint density at radius 2 is 1.65 bits per heavy atom. The quantitative estimate of drug-likeness (QED) is 0.199. The lowest BCUT2D eigenvalue weighted by molar-refractivity contribution is -0.128. The highest BCUT2D eigenvalue weighted by atomic mass is 32.2. The van der Waals surface area contributed by atoms with Gasteiger partial charge in [-0.05, 0) is 52.6 Å². The van der Waals surface area contributed by atoms with Crippen molar-refractivity contribution in [2.75, 3.05) is 12.9 Å². The molecule has 1 aliphatic rings. The van der Waals surface area contributed by atoms with E-state index in [0.29, 0.717) is 36.0 Å². The molecule has 4 aromatic carbocycles. The standard InChI is InChI=1S/C32H29N3O4S/c1-38-29-18-25(12-17-28(29)39-21-24-10-6-3-7-11-24)19-33-34-31(37)26-13-15-27(16-14-26)32-35(30(36)22-40-32)20-23-8-4-2-5-9-23/h2-19,32H,20-22H2,1H3,(H,34,37)/b33-19+. The summed E-state index contributed by atoms with van der Waals surface area (Å²) >= 11 is 1.60. The monoisotopic (exact) mass is 551 g/mol. The number of nitrogens with one attached hydrogen (secondary N) is 1. The van der Waals surface area contributed by atoms with Crippen LogP contribution < -0.4 is 14.9 Å². The number of amides is 2. The van der Waals surface area contributed by atoms with Crippen molar-refractivity contribution in [1.82, 2.24) is 10.3 Å². The lowest BCUT2D eigenvalue weighted by atomic mass is 10.1. The molecule has 1 N–H and O–H groups in total. The minimum Gasteiger partial charge on any atom is -0.493 e. The number of hydrazone groups is 1. The third-order valence-electron chi connectivity index (χ3n) is 6.43. The van der Waals surface area contributed by atoms with E-state index in [1.54, 1.807) is 43.3 Å². The molecule has 1 unspecified atom stereocenters. The maximum atomic E-state index is 12.7. The Balaban J connectivity index is 1.18. The normalized spacial score (nSPS) is 14.9. The van der Waals surface area contributed by atoms with Crippen LogP contribution in [0.4, 0.5) is 0 Å². The van der Waals surface area contributed by atoms with E-state index in [2.05, 4.69) is 10.5 Å². The summed E-state index contributed by atoms with van der Waals surface area (Å²) in [6, 6.07) is 32.6. The second-order valence-corrected chi connectivity index (χ2v) is 10.2. The first kappa shape index (κ1) is 27.0. The van der Waals surface area contributed by atoms with E-state index in [1.807, 2.05) is 89.8 Å². The zero-order valence-electron chi connectivity index (χ0n) is 22.0. The fraction of sp³-hybridized carbons (Fsp3) is 0.156. The van der Waals surface area contributed by atoms with Crippen LogP contribution in [0.1, 0.15) is 38.0 Å². The van der Waals surface area contributed by atoms with Gasteiger partial charge >= 0.3 is 0 Å². The molecule has 0 bridgehead atoms. The number of benzene rings is 4. The molecule has 8 heteroatoms. The van der Waals surface area contributed by atoms with Crippen molar-refractivity contribution >= 4 is 29.8 Å². The molecule has 2 amide bonds. The molecular formula is C32H29N3O4S. The molecule has 4 aromatic rings. The summed E-state index contributed by atoms with van der Waals surface area (Å²) in [5.41, 5.74) is 6.93. The average molecular weight is 552 g/mol. The van der Waals surface area contributed by atoms with E-state index in [9.17, 15) is 9.59 Å². The van der Waals surface area contributed by atoms with Gasteiger partial charge in [0.05, 0.1) is 19.1 Å². The molecule has 7 nitrogen and oxygen atoms in total. The zero-order valence-corrected chi connectivity index (χ0v) is 22.8. The fourth-order valence-electron chi connectivity index (χ4n) is 4.33. The van der Waals surface area contributed by atoms with Gasteiger partial charge in [-0.2, -0.15) is 5.10 Å². The van der Waals surface area contributed by atoms with Gasteiger partial charge in [0.25, 0.3) is 5.91 Å². The number of ether oxygens (including phenoxy) is 2. The molecule has 0 spiro atoms. The molecule has 1 atom stereocenters. The van der Waals surface area contributed by atoms with Gasteiger partial charge in [-0.25, -0.2) is 5.43 Å². The van der Waals surface area contributed by atoms with E-state index >= 15 is 0 Å². The number of hydrogen-bond donors (Lipinski definition) is 1. The Morgan fingerprint density at radius 3 is 2.35 bits per heavy atom. The van der Waals surface area contributed by atoms with Gasteiger partial charge in [0.15, 0.2) is 11.5 Å². The van der Waals surface area contributed by atoms with E-state index in [1.165, 1.54) is 0 Å². The summed E-state index contributed by atoms with van der Waals surface area (Å²) in [5, 5.41) is 4.02. The van der Waals surface area contributed by atoms with E-state index in [4.69, 9.17) is 9.47 Å². The molecular weight excluding hydrogens is 522 g/mol. The molecule has 202 valence electrons. The predicted octanol–water partition coefficient (Wildman–Crippen LogP) is 5.81. The van der Waals surface area contributed by atoms with Crippen LogP contribution in [0.5, 0.6) is 11.5 Å². The second kappa shape index (κ2) is 13.0. The van der Waals surface area contributed by atoms with Crippen LogP contribution in [0.3, 0.4) is 0 Å². The number of hydrogen-bond acceptors (Lipinski definition) is 6. The number of carbonyl (C=O) groups excluding carboxylic acids is 2. The van der Waals surface area contributed by atoms with Crippen molar-refractivity contribution in [3.63, 3.8) is 0 Å². The molecule has 1 aliphatic heterocycles. The number of carbonyl (C=O) groups is 2. The maximum Gasteiger partial charge on any atom is 0.271 e. The summed E-state index contributed by atoms with van der Waals surface area (Å²) in [6.07, 6.45) is 1.55. The van der Waals surface area contributed by atoms with Crippen LogP contribution in [0.25, 0.3) is 0 Å². The average Bonchev–Trinajstić information content (AvgIpc) is 3.36. The van der Waals surface area contributed by atoms with Gasteiger partial charge in [0.2, 0.25) is 5.91 Å². The van der Waals surface area contributed by atoms with Gasteiger partial charge in [-0.1, -0.05) is 72.8 Å². The number of nitrogens with zero attached hydrogens (tertiary/aromatic N) is 2. The Kier molecular flexibility index (Phi) is 8.78. The first-order chi connectivity index (χ1) is 19.6. The molecule has 0 saturated carbocycles. The zero-order chi connectivity index (χ0) is 27.7. The lowest BCUT2D eigenvalue weighted by Gasteiger charge is -2.24. The first-order valence-corrected chi connectivity index (χ1v) is 13.9. The van der Waals surface area contributed by atoms with Crippen LogP contribution in [-0.4, -0.2) is 35.8 Å². The number of methoxy groups -OCH3 is 1. The molecule has 0 aromatic heterocycles. The summed E-state index contributed by atoms with van der Waals surface area (Å²) in [4.78, 5) is 27.1. The number of thioether (sulfide) groups is 1. The Morgan fingerprint density at radius 1 is 0.950 bits per heavy atom. The van der Waals surface area contributed by atoms with Crippen molar-refractivity contribution < 1.29 is 19.1 Å². The molecule has 5 rings (SSSR count). The Labute approximate surface area is 237 Å². The lowest BCUT2D eigenvalue weighted by Crippen LogP contribution is -2.27. The van der Waals surface area contributed by atoms with E-state index in [0.717, 1.165) is 22.3 Å². The summed E-state index contributed by atoms with van der Waals surface area (Å²) in [7, 11) is 1.58. The van der Waals surface area contributed by atoms with Crippen molar-refractivity contribution in [2.24, 2.45) is 5.10 Å². The highest BCUT2D eigenvalue weighted by molar-refractivity contribution is 8.00. The third-order valence-corrected chi connectivity index (χ3v) is 7.68. The van der Waals surface area contributed by atoms with Gasteiger partial charge in [-0.3, -0.25) is 9.59 Å². The maximum absolute atomic E-state index is 12.7. The van der Waals surface area contributed by atoms with E-state index < -0.39 is 0 Å². The van der Waals surface area contributed by atoms with Crippen molar-refractivity contribution in [2.45, 2.75) is 18.5 Å². The molecule has 40 heavy (non-hydrogen) atoms. The van der Waals surface area contributed by atoms with Gasteiger partial charge in [-0.15, -0.1) is 11.8 Å². The SMILES string of the molecule is COc1cc(/C=N/NC(=O)c2ccc(C3SCC(=O)N3Cc3ccccc3)cc2)ccc1OCc1ccccc1. The smallest absolute Gasteiger partial charge is 0.271 e.